The summed E-state index contributed by atoms with van der Waals surface area (Å²) in [7, 11) is 3.48. The summed E-state index contributed by atoms with van der Waals surface area (Å²) in [5.41, 5.74) is 4.10. The van der Waals surface area contributed by atoms with E-state index in [-0.39, 0.29) is 5.91 Å². The Morgan fingerprint density at radius 1 is 1.18 bits per heavy atom. The molecule has 0 bridgehead atoms. The fraction of sp³-hybridized carbons (Fsp3) is 0.143. The van der Waals surface area contributed by atoms with Gasteiger partial charge in [0.2, 0.25) is 5.28 Å². The molecule has 4 aromatic rings. The molecule has 0 aliphatic rings. The van der Waals surface area contributed by atoms with E-state index in [0.717, 1.165) is 22.6 Å². The lowest BCUT2D eigenvalue weighted by Gasteiger charge is -2.11. The summed E-state index contributed by atoms with van der Waals surface area (Å²) in [6, 6.07) is 17.1. The number of imidazole rings is 1. The summed E-state index contributed by atoms with van der Waals surface area (Å²) in [6.45, 7) is 0.402. The Balaban J connectivity index is 1.50. The van der Waals surface area contributed by atoms with E-state index in [1.165, 1.54) is 0 Å². The number of hydrogen-bond donors (Lipinski definition) is 1. The fourth-order valence-corrected chi connectivity index (χ4v) is 3.32. The second-order valence-corrected chi connectivity index (χ2v) is 6.73. The predicted molar refractivity (Wildman–Crippen MR) is 109 cm³/mol. The van der Waals surface area contributed by atoms with Crippen molar-refractivity contribution in [3.63, 3.8) is 0 Å². The third-order valence-corrected chi connectivity index (χ3v) is 5.04. The van der Waals surface area contributed by atoms with Crippen molar-refractivity contribution in [2.45, 2.75) is 6.54 Å². The SMILES string of the molecule is COc1ccc(-n2cccc2CNC(=O)c2ccc3c(c2)nc(Cl)n3C)cc1. The van der Waals surface area contributed by atoms with Gasteiger partial charge >= 0.3 is 0 Å². The van der Waals surface area contributed by atoms with Crippen molar-refractivity contribution >= 4 is 28.5 Å². The number of aromatic nitrogens is 3. The van der Waals surface area contributed by atoms with E-state index in [1.54, 1.807) is 23.8 Å². The molecule has 28 heavy (non-hydrogen) atoms. The Kier molecular flexibility index (Phi) is 4.79. The summed E-state index contributed by atoms with van der Waals surface area (Å²) in [6.07, 6.45) is 1.96. The Morgan fingerprint density at radius 2 is 1.96 bits per heavy atom. The molecule has 6 nitrogen and oxygen atoms in total. The van der Waals surface area contributed by atoms with Gasteiger partial charge in [-0.1, -0.05) is 0 Å². The van der Waals surface area contributed by atoms with E-state index in [1.807, 2.05) is 60.3 Å². The lowest BCUT2D eigenvalue weighted by atomic mass is 10.2. The van der Waals surface area contributed by atoms with Gasteiger partial charge in [-0.15, -0.1) is 0 Å². The molecule has 2 aromatic heterocycles. The van der Waals surface area contributed by atoms with Crippen molar-refractivity contribution in [2.24, 2.45) is 7.05 Å². The highest BCUT2D eigenvalue weighted by atomic mass is 35.5. The average Bonchev–Trinajstić information content (AvgIpc) is 3.30. The van der Waals surface area contributed by atoms with Crippen LogP contribution in [-0.4, -0.2) is 27.1 Å². The van der Waals surface area contributed by atoms with Gasteiger partial charge in [-0.25, -0.2) is 4.98 Å². The number of amides is 1. The molecule has 0 aliphatic carbocycles. The fourth-order valence-electron chi connectivity index (χ4n) is 3.14. The van der Waals surface area contributed by atoms with Crippen LogP contribution in [0.5, 0.6) is 5.75 Å². The van der Waals surface area contributed by atoms with Crippen molar-refractivity contribution in [1.29, 1.82) is 0 Å². The number of carbonyl (C=O) groups is 1. The summed E-state index contributed by atoms with van der Waals surface area (Å²) in [5, 5.41) is 3.36. The summed E-state index contributed by atoms with van der Waals surface area (Å²) in [5.74, 6) is 0.641. The smallest absolute Gasteiger partial charge is 0.251 e. The van der Waals surface area contributed by atoms with Crippen molar-refractivity contribution in [1.82, 2.24) is 19.4 Å². The first-order valence-electron chi connectivity index (χ1n) is 8.77. The molecule has 0 unspecified atom stereocenters. The van der Waals surface area contributed by atoms with Crippen LogP contribution in [0.2, 0.25) is 5.28 Å². The first-order valence-corrected chi connectivity index (χ1v) is 9.15. The molecule has 0 aliphatic heterocycles. The second kappa shape index (κ2) is 7.40. The quantitative estimate of drug-likeness (QED) is 0.557. The van der Waals surface area contributed by atoms with E-state index < -0.39 is 0 Å². The van der Waals surface area contributed by atoms with E-state index in [4.69, 9.17) is 16.3 Å². The molecule has 142 valence electrons. The maximum absolute atomic E-state index is 12.6. The topological polar surface area (TPSA) is 61.1 Å². The van der Waals surface area contributed by atoms with Gasteiger partial charge < -0.3 is 19.2 Å². The molecule has 1 amide bonds. The zero-order valence-corrected chi connectivity index (χ0v) is 16.3. The molecular formula is C21H19ClN4O2. The van der Waals surface area contributed by atoms with Crippen LogP contribution in [-0.2, 0) is 13.6 Å². The van der Waals surface area contributed by atoms with Crippen LogP contribution < -0.4 is 10.1 Å². The Hall–Kier alpha value is -3.25. The van der Waals surface area contributed by atoms with E-state index in [9.17, 15) is 4.79 Å². The second-order valence-electron chi connectivity index (χ2n) is 6.39. The van der Waals surface area contributed by atoms with Crippen LogP contribution in [0.1, 0.15) is 16.1 Å². The lowest BCUT2D eigenvalue weighted by Crippen LogP contribution is -2.24. The highest BCUT2D eigenvalue weighted by Crippen LogP contribution is 2.20. The van der Waals surface area contributed by atoms with E-state index >= 15 is 0 Å². The van der Waals surface area contributed by atoms with Gasteiger partial charge in [0, 0.05) is 30.2 Å². The molecular weight excluding hydrogens is 376 g/mol. The van der Waals surface area contributed by atoms with Gasteiger partial charge in [0.25, 0.3) is 5.91 Å². The lowest BCUT2D eigenvalue weighted by molar-refractivity contribution is 0.0950. The minimum Gasteiger partial charge on any atom is -0.497 e. The Bertz CT molecular complexity index is 1150. The molecule has 0 atom stereocenters. The van der Waals surface area contributed by atoms with Crippen LogP contribution in [0.25, 0.3) is 16.7 Å². The average molecular weight is 395 g/mol. The number of methoxy groups -OCH3 is 1. The van der Waals surface area contributed by atoms with Gasteiger partial charge in [-0.2, -0.15) is 0 Å². The molecule has 2 aromatic carbocycles. The first-order chi connectivity index (χ1) is 13.6. The predicted octanol–water partition coefficient (Wildman–Crippen LogP) is 3.96. The Labute approximate surface area is 167 Å². The third-order valence-electron chi connectivity index (χ3n) is 4.70. The van der Waals surface area contributed by atoms with Gasteiger partial charge in [-0.05, 0) is 66.2 Å². The number of aryl methyl sites for hydroxylation is 1. The molecule has 0 saturated carbocycles. The molecule has 7 heteroatoms. The number of fused-ring (bicyclic) bond motifs is 1. The molecule has 4 rings (SSSR count). The van der Waals surface area contributed by atoms with Gasteiger partial charge in [0.05, 0.1) is 24.7 Å². The van der Waals surface area contributed by atoms with Gasteiger partial charge in [-0.3, -0.25) is 4.79 Å². The first kappa shape index (κ1) is 18.1. The molecule has 0 fully saturated rings. The number of halogens is 1. The molecule has 0 radical (unpaired) electrons. The van der Waals surface area contributed by atoms with Crippen molar-refractivity contribution in [3.05, 3.63) is 77.3 Å². The largest absolute Gasteiger partial charge is 0.497 e. The zero-order chi connectivity index (χ0) is 19.7. The monoisotopic (exact) mass is 394 g/mol. The number of nitrogens with one attached hydrogen (secondary N) is 1. The molecule has 2 heterocycles. The maximum atomic E-state index is 12.6. The third kappa shape index (κ3) is 3.34. The van der Waals surface area contributed by atoms with Crippen LogP contribution >= 0.6 is 11.6 Å². The standard InChI is InChI=1S/C21H19ClN4O2/c1-25-19-10-5-14(12-18(19)24-21(25)22)20(27)23-13-16-4-3-11-26(16)15-6-8-17(28-2)9-7-15/h3-12H,13H2,1-2H3,(H,23,27). The van der Waals surface area contributed by atoms with E-state index in [0.29, 0.717) is 22.9 Å². The normalized spacial score (nSPS) is 11.0. The minimum atomic E-state index is -0.161. The molecule has 1 N–H and O–H groups in total. The number of hydrogen-bond acceptors (Lipinski definition) is 3. The van der Waals surface area contributed by atoms with Gasteiger partial charge in [0.15, 0.2) is 0 Å². The number of carbonyl (C=O) groups excluding carboxylic acids is 1. The number of nitrogens with zero attached hydrogens (tertiary/aromatic N) is 3. The number of ether oxygens (including phenoxy) is 1. The summed E-state index contributed by atoms with van der Waals surface area (Å²) < 4.78 is 9.01. The summed E-state index contributed by atoms with van der Waals surface area (Å²) >= 11 is 6.05. The van der Waals surface area contributed by atoms with Crippen LogP contribution in [0.3, 0.4) is 0 Å². The van der Waals surface area contributed by atoms with E-state index in [2.05, 4.69) is 10.3 Å². The summed E-state index contributed by atoms with van der Waals surface area (Å²) in [4.78, 5) is 16.9. The highest BCUT2D eigenvalue weighted by Gasteiger charge is 2.12. The maximum Gasteiger partial charge on any atom is 0.251 e. The molecule has 0 spiro atoms. The number of rotatable bonds is 5. The van der Waals surface area contributed by atoms with Gasteiger partial charge in [0.1, 0.15) is 5.75 Å². The zero-order valence-electron chi connectivity index (χ0n) is 15.5. The van der Waals surface area contributed by atoms with Crippen molar-refractivity contribution < 1.29 is 9.53 Å². The van der Waals surface area contributed by atoms with Crippen molar-refractivity contribution in [3.8, 4) is 11.4 Å². The molecule has 0 saturated heterocycles. The van der Waals surface area contributed by atoms with Crippen LogP contribution in [0.15, 0.2) is 60.8 Å². The van der Waals surface area contributed by atoms with Crippen LogP contribution in [0, 0.1) is 0 Å². The number of benzene rings is 2. The highest BCUT2D eigenvalue weighted by molar-refractivity contribution is 6.29. The Morgan fingerprint density at radius 3 is 2.71 bits per heavy atom. The minimum absolute atomic E-state index is 0.161. The van der Waals surface area contributed by atoms with Crippen LogP contribution in [0.4, 0.5) is 0 Å². The van der Waals surface area contributed by atoms with Crippen molar-refractivity contribution in [2.75, 3.05) is 7.11 Å².